The van der Waals surface area contributed by atoms with Crippen LogP contribution in [0.2, 0.25) is 0 Å². The van der Waals surface area contributed by atoms with Gasteiger partial charge in [-0.05, 0) is 50.8 Å². The Morgan fingerprint density at radius 2 is 2.14 bits per heavy atom. The van der Waals surface area contributed by atoms with Gasteiger partial charge in [0, 0.05) is 30.6 Å². The number of pyridine rings is 1. The summed E-state index contributed by atoms with van der Waals surface area (Å²) in [6.07, 6.45) is 7.87. The minimum Gasteiger partial charge on any atom is -0.396 e. The number of hydrogen-bond donors (Lipinski definition) is 1. The zero-order chi connectivity index (χ0) is 15.4. The van der Waals surface area contributed by atoms with Crippen LogP contribution in [0.3, 0.4) is 0 Å². The SMILES string of the molecule is CN(Cc1nc(-c2cccnc2)no1)C1CCC(CO)CC1. The fraction of sp³-hybridized carbons (Fsp3) is 0.562. The van der Waals surface area contributed by atoms with Crippen LogP contribution in [-0.4, -0.2) is 44.8 Å². The first-order valence-electron chi connectivity index (χ1n) is 7.80. The van der Waals surface area contributed by atoms with Gasteiger partial charge in [0.05, 0.1) is 6.54 Å². The lowest BCUT2D eigenvalue weighted by Gasteiger charge is -2.33. The van der Waals surface area contributed by atoms with Crippen LogP contribution >= 0.6 is 0 Å². The molecule has 0 radical (unpaired) electrons. The Hall–Kier alpha value is -1.79. The van der Waals surface area contributed by atoms with Crippen LogP contribution in [-0.2, 0) is 6.54 Å². The fourth-order valence-corrected chi connectivity index (χ4v) is 3.04. The number of hydrogen-bond acceptors (Lipinski definition) is 6. The summed E-state index contributed by atoms with van der Waals surface area (Å²) >= 11 is 0. The molecule has 1 N–H and O–H groups in total. The van der Waals surface area contributed by atoms with Gasteiger partial charge in [0.15, 0.2) is 0 Å². The molecule has 1 aliphatic carbocycles. The molecule has 1 fully saturated rings. The number of rotatable bonds is 5. The Labute approximate surface area is 130 Å². The minimum absolute atomic E-state index is 0.314. The predicted octanol–water partition coefficient (Wildman–Crippen LogP) is 2.11. The summed E-state index contributed by atoms with van der Waals surface area (Å²) in [7, 11) is 2.10. The van der Waals surface area contributed by atoms with E-state index >= 15 is 0 Å². The van der Waals surface area contributed by atoms with E-state index < -0.39 is 0 Å². The molecule has 0 aromatic carbocycles. The van der Waals surface area contributed by atoms with E-state index in [0.29, 0.717) is 36.8 Å². The molecule has 0 bridgehead atoms. The average molecular weight is 302 g/mol. The fourth-order valence-electron chi connectivity index (χ4n) is 3.04. The molecule has 118 valence electrons. The number of aliphatic hydroxyl groups is 1. The minimum atomic E-state index is 0.314. The van der Waals surface area contributed by atoms with Crippen molar-refractivity contribution in [2.24, 2.45) is 5.92 Å². The molecule has 1 saturated carbocycles. The van der Waals surface area contributed by atoms with Gasteiger partial charge in [-0.25, -0.2) is 0 Å². The molecule has 6 nitrogen and oxygen atoms in total. The lowest BCUT2D eigenvalue weighted by atomic mass is 9.86. The van der Waals surface area contributed by atoms with Crippen LogP contribution in [0.25, 0.3) is 11.4 Å². The Bertz CT molecular complexity index is 579. The molecule has 1 aliphatic rings. The Balaban J connectivity index is 1.58. The van der Waals surface area contributed by atoms with Gasteiger partial charge in [-0.3, -0.25) is 9.88 Å². The standard InChI is InChI=1S/C16H22N4O2/c1-20(14-6-4-12(11-21)5-7-14)10-15-18-16(19-22-15)13-3-2-8-17-9-13/h2-3,8-9,12,14,21H,4-7,10-11H2,1H3. The van der Waals surface area contributed by atoms with Crippen molar-refractivity contribution in [1.82, 2.24) is 20.0 Å². The van der Waals surface area contributed by atoms with Crippen LogP contribution in [0.4, 0.5) is 0 Å². The van der Waals surface area contributed by atoms with E-state index in [9.17, 15) is 5.11 Å². The van der Waals surface area contributed by atoms with Crippen molar-refractivity contribution in [3.8, 4) is 11.4 Å². The molecule has 0 saturated heterocycles. The van der Waals surface area contributed by atoms with Gasteiger partial charge in [0.25, 0.3) is 0 Å². The van der Waals surface area contributed by atoms with Crippen molar-refractivity contribution < 1.29 is 9.63 Å². The van der Waals surface area contributed by atoms with E-state index in [-0.39, 0.29) is 0 Å². The molecule has 2 aromatic heterocycles. The summed E-state index contributed by atoms with van der Waals surface area (Å²) in [5.41, 5.74) is 0.864. The third-order valence-corrected chi connectivity index (χ3v) is 4.47. The maximum Gasteiger partial charge on any atom is 0.241 e. The van der Waals surface area contributed by atoms with E-state index in [1.165, 1.54) is 0 Å². The maximum atomic E-state index is 9.21. The van der Waals surface area contributed by atoms with Gasteiger partial charge in [0.2, 0.25) is 11.7 Å². The molecule has 2 heterocycles. The molecule has 0 atom stereocenters. The monoisotopic (exact) mass is 302 g/mol. The second-order valence-electron chi connectivity index (χ2n) is 6.03. The van der Waals surface area contributed by atoms with Crippen LogP contribution in [0.1, 0.15) is 31.6 Å². The van der Waals surface area contributed by atoms with Crippen LogP contribution in [0.5, 0.6) is 0 Å². The van der Waals surface area contributed by atoms with Crippen LogP contribution in [0.15, 0.2) is 29.0 Å². The largest absolute Gasteiger partial charge is 0.396 e. The number of nitrogens with zero attached hydrogens (tertiary/aromatic N) is 4. The molecule has 3 rings (SSSR count). The average Bonchev–Trinajstić information content (AvgIpc) is 3.04. The third-order valence-electron chi connectivity index (χ3n) is 4.47. The first-order valence-corrected chi connectivity index (χ1v) is 7.80. The Kier molecular flexibility index (Phi) is 4.80. The van der Waals surface area contributed by atoms with Crippen LogP contribution < -0.4 is 0 Å². The highest BCUT2D eigenvalue weighted by Gasteiger charge is 2.24. The van der Waals surface area contributed by atoms with Crippen molar-refractivity contribution in [3.63, 3.8) is 0 Å². The summed E-state index contributed by atoms with van der Waals surface area (Å²) in [6.45, 7) is 0.969. The quantitative estimate of drug-likeness (QED) is 0.911. The van der Waals surface area contributed by atoms with Gasteiger partial charge < -0.3 is 9.63 Å². The molecule has 0 unspecified atom stereocenters. The molecule has 6 heteroatoms. The molecular weight excluding hydrogens is 280 g/mol. The molecule has 2 aromatic rings. The van der Waals surface area contributed by atoms with Gasteiger partial charge in [-0.1, -0.05) is 5.16 Å². The molecule has 0 amide bonds. The van der Waals surface area contributed by atoms with Gasteiger partial charge >= 0.3 is 0 Å². The topological polar surface area (TPSA) is 75.3 Å². The summed E-state index contributed by atoms with van der Waals surface area (Å²) in [4.78, 5) is 10.8. The lowest BCUT2D eigenvalue weighted by Crippen LogP contribution is -2.35. The summed E-state index contributed by atoms with van der Waals surface area (Å²) in [6, 6.07) is 4.30. The second-order valence-corrected chi connectivity index (χ2v) is 6.03. The van der Waals surface area contributed by atoms with E-state index in [0.717, 1.165) is 31.2 Å². The summed E-state index contributed by atoms with van der Waals surface area (Å²) < 4.78 is 5.35. The molecule has 0 spiro atoms. The first-order chi connectivity index (χ1) is 10.8. The van der Waals surface area contributed by atoms with Gasteiger partial charge in [-0.2, -0.15) is 4.98 Å². The van der Waals surface area contributed by atoms with E-state index in [1.807, 2.05) is 12.1 Å². The molecular formula is C16H22N4O2. The van der Waals surface area contributed by atoms with Crippen molar-refractivity contribution in [2.45, 2.75) is 38.3 Å². The van der Waals surface area contributed by atoms with Gasteiger partial charge in [0.1, 0.15) is 0 Å². The highest BCUT2D eigenvalue weighted by molar-refractivity contribution is 5.51. The molecule has 22 heavy (non-hydrogen) atoms. The van der Waals surface area contributed by atoms with Gasteiger partial charge in [-0.15, -0.1) is 0 Å². The van der Waals surface area contributed by atoms with E-state index in [2.05, 4.69) is 27.1 Å². The summed E-state index contributed by atoms with van der Waals surface area (Å²) in [5.74, 6) is 1.69. The van der Waals surface area contributed by atoms with Crippen LogP contribution in [0, 0.1) is 5.92 Å². The second kappa shape index (κ2) is 6.98. The Morgan fingerprint density at radius 3 is 2.82 bits per heavy atom. The van der Waals surface area contributed by atoms with E-state index in [1.54, 1.807) is 12.4 Å². The summed E-state index contributed by atoms with van der Waals surface area (Å²) in [5, 5.41) is 13.2. The normalized spacial score (nSPS) is 22.1. The highest BCUT2D eigenvalue weighted by Crippen LogP contribution is 2.27. The highest BCUT2D eigenvalue weighted by atomic mass is 16.5. The van der Waals surface area contributed by atoms with Crippen molar-refractivity contribution >= 4 is 0 Å². The first kappa shape index (κ1) is 15.1. The maximum absolute atomic E-state index is 9.21. The smallest absolute Gasteiger partial charge is 0.241 e. The predicted molar refractivity (Wildman–Crippen MR) is 81.8 cm³/mol. The van der Waals surface area contributed by atoms with Crippen molar-refractivity contribution in [1.29, 1.82) is 0 Å². The number of aliphatic hydroxyl groups excluding tert-OH is 1. The van der Waals surface area contributed by atoms with E-state index in [4.69, 9.17) is 4.52 Å². The Morgan fingerprint density at radius 1 is 1.32 bits per heavy atom. The molecule has 0 aliphatic heterocycles. The zero-order valence-electron chi connectivity index (χ0n) is 12.9. The number of aromatic nitrogens is 3. The third kappa shape index (κ3) is 3.51. The zero-order valence-corrected chi connectivity index (χ0v) is 12.9. The van der Waals surface area contributed by atoms with Crippen molar-refractivity contribution in [2.75, 3.05) is 13.7 Å². The lowest BCUT2D eigenvalue weighted by molar-refractivity contribution is 0.116. The van der Waals surface area contributed by atoms with Crippen molar-refractivity contribution in [3.05, 3.63) is 30.4 Å².